The molecule has 27 heavy (non-hydrogen) atoms. The number of benzene rings is 3. The summed E-state index contributed by atoms with van der Waals surface area (Å²) >= 11 is 0. The van der Waals surface area contributed by atoms with Gasteiger partial charge in [-0.15, -0.1) is 0 Å². The van der Waals surface area contributed by atoms with Crippen molar-refractivity contribution < 1.29 is 4.74 Å². The molecule has 0 N–H and O–H groups in total. The average Bonchev–Trinajstić information content (AvgIpc) is 3.06. The Morgan fingerprint density at radius 2 is 1.41 bits per heavy atom. The van der Waals surface area contributed by atoms with E-state index in [4.69, 9.17) is 4.74 Å². The first-order chi connectivity index (χ1) is 13.2. The third-order valence-electron chi connectivity index (χ3n) is 4.60. The van der Waals surface area contributed by atoms with E-state index in [1.807, 2.05) is 92.0 Å². The predicted molar refractivity (Wildman–Crippen MR) is 108 cm³/mol. The van der Waals surface area contributed by atoms with Crippen molar-refractivity contribution in [1.29, 1.82) is 0 Å². The molecule has 0 aliphatic heterocycles. The Kier molecular flexibility index (Phi) is 4.38. The molecule has 0 amide bonds. The summed E-state index contributed by atoms with van der Waals surface area (Å²) in [6.07, 6.45) is 1.90. The number of imidazole rings is 1. The van der Waals surface area contributed by atoms with Crippen LogP contribution in [0, 0.1) is 6.92 Å². The van der Waals surface area contributed by atoms with E-state index in [0.717, 1.165) is 33.9 Å². The van der Waals surface area contributed by atoms with E-state index in [2.05, 4.69) is 0 Å². The molecule has 3 aromatic carbocycles. The number of ether oxygens (including phenoxy) is 1. The van der Waals surface area contributed by atoms with Gasteiger partial charge >= 0.3 is 5.69 Å². The highest BCUT2D eigenvalue weighted by Gasteiger charge is 2.15. The van der Waals surface area contributed by atoms with Gasteiger partial charge in [-0.25, -0.2) is 4.79 Å². The van der Waals surface area contributed by atoms with Crippen molar-refractivity contribution >= 4 is 0 Å². The third kappa shape index (κ3) is 3.17. The zero-order chi connectivity index (χ0) is 18.8. The van der Waals surface area contributed by atoms with E-state index in [-0.39, 0.29) is 5.69 Å². The van der Waals surface area contributed by atoms with E-state index in [9.17, 15) is 4.79 Å². The maximum atomic E-state index is 13.3. The van der Waals surface area contributed by atoms with Crippen LogP contribution >= 0.6 is 0 Å². The molecule has 4 heteroatoms. The minimum Gasteiger partial charge on any atom is -0.497 e. The SMILES string of the molecule is COc1ccc(-n2c(-c3ccccc3)cn(-c3ccc(C)cc3)c2=O)cc1. The minimum absolute atomic E-state index is 0.108. The van der Waals surface area contributed by atoms with Gasteiger partial charge in [0, 0.05) is 11.8 Å². The van der Waals surface area contributed by atoms with Crippen LogP contribution in [0.15, 0.2) is 89.9 Å². The van der Waals surface area contributed by atoms with E-state index < -0.39 is 0 Å². The Labute approximate surface area is 157 Å². The van der Waals surface area contributed by atoms with Crippen molar-refractivity contribution in [1.82, 2.24) is 9.13 Å². The molecule has 4 nitrogen and oxygen atoms in total. The van der Waals surface area contributed by atoms with Gasteiger partial charge in [-0.2, -0.15) is 0 Å². The second-order valence-corrected chi connectivity index (χ2v) is 6.40. The second-order valence-electron chi connectivity index (χ2n) is 6.40. The first kappa shape index (κ1) is 16.9. The number of methoxy groups -OCH3 is 1. The van der Waals surface area contributed by atoms with Gasteiger partial charge in [-0.3, -0.25) is 9.13 Å². The Bertz CT molecular complexity index is 1110. The van der Waals surface area contributed by atoms with Gasteiger partial charge in [0.25, 0.3) is 0 Å². The summed E-state index contributed by atoms with van der Waals surface area (Å²) in [5, 5.41) is 0. The predicted octanol–water partition coefficient (Wildman–Crippen LogP) is 4.61. The fourth-order valence-electron chi connectivity index (χ4n) is 3.13. The molecule has 0 fully saturated rings. The Morgan fingerprint density at radius 1 is 0.778 bits per heavy atom. The molecule has 0 aliphatic rings. The van der Waals surface area contributed by atoms with Crippen LogP contribution in [0.2, 0.25) is 0 Å². The van der Waals surface area contributed by atoms with Crippen LogP contribution in [-0.4, -0.2) is 16.2 Å². The van der Waals surface area contributed by atoms with Crippen LogP contribution in [0.3, 0.4) is 0 Å². The van der Waals surface area contributed by atoms with Crippen LogP contribution < -0.4 is 10.4 Å². The van der Waals surface area contributed by atoms with Crippen molar-refractivity contribution in [3.05, 3.63) is 101 Å². The van der Waals surface area contributed by atoms with Crippen LogP contribution in [-0.2, 0) is 0 Å². The number of aryl methyl sites for hydroxylation is 1. The summed E-state index contributed by atoms with van der Waals surface area (Å²) in [4.78, 5) is 13.3. The average molecular weight is 356 g/mol. The summed E-state index contributed by atoms with van der Waals surface area (Å²) in [5.74, 6) is 0.756. The molecule has 1 aromatic heterocycles. The lowest BCUT2D eigenvalue weighted by Crippen LogP contribution is -2.22. The van der Waals surface area contributed by atoms with Gasteiger partial charge in [-0.1, -0.05) is 48.0 Å². The van der Waals surface area contributed by atoms with Crippen molar-refractivity contribution in [2.75, 3.05) is 7.11 Å². The molecule has 0 aliphatic carbocycles. The summed E-state index contributed by atoms with van der Waals surface area (Å²) < 4.78 is 8.66. The lowest BCUT2D eigenvalue weighted by Gasteiger charge is -2.08. The molecule has 4 aromatic rings. The lowest BCUT2D eigenvalue weighted by atomic mass is 10.1. The monoisotopic (exact) mass is 356 g/mol. The molecule has 0 unspecified atom stereocenters. The molecule has 0 bridgehead atoms. The first-order valence-corrected chi connectivity index (χ1v) is 8.78. The van der Waals surface area contributed by atoms with Crippen LogP contribution in [0.1, 0.15) is 5.56 Å². The van der Waals surface area contributed by atoms with Crippen LogP contribution in [0.5, 0.6) is 5.75 Å². The van der Waals surface area contributed by atoms with Gasteiger partial charge < -0.3 is 4.74 Å². The quantitative estimate of drug-likeness (QED) is 0.535. The molecule has 0 radical (unpaired) electrons. The summed E-state index contributed by atoms with van der Waals surface area (Å²) in [5.41, 5.74) is 4.51. The van der Waals surface area contributed by atoms with Crippen LogP contribution in [0.4, 0.5) is 0 Å². The molecule has 134 valence electrons. The maximum Gasteiger partial charge on any atom is 0.337 e. The summed E-state index contributed by atoms with van der Waals surface area (Å²) in [6, 6.07) is 25.4. The molecule has 1 heterocycles. The highest BCUT2D eigenvalue weighted by Crippen LogP contribution is 2.24. The summed E-state index contributed by atoms with van der Waals surface area (Å²) in [6.45, 7) is 2.03. The lowest BCUT2D eigenvalue weighted by molar-refractivity contribution is 0.414. The first-order valence-electron chi connectivity index (χ1n) is 8.78. The van der Waals surface area contributed by atoms with Crippen LogP contribution in [0.25, 0.3) is 22.6 Å². The Morgan fingerprint density at radius 3 is 2.04 bits per heavy atom. The van der Waals surface area contributed by atoms with Crippen molar-refractivity contribution in [3.8, 4) is 28.4 Å². The van der Waals surface area contributed by atoms with E-state index in [1.54, 1.807) is 16.2 Å². The van der Waals surface area contributed by atoms with E-state index in [1.165, 1.54) is 0 Å². The van der Waals surface area contributed by atoms with Gasteiger partial charge in [0.05, 0.1) is 24.2 Å². The molecule has 0 saturated carbocycles. The topological polar surface area (TPSA) is 36.2 Å². The Hall–Kier alpha value is -3.53. The number of nitrogens with zero attached hydrogens (tertiary/aromatic N) is 2. The fourth-order valence-corrected chi connectivity index (χ4v) is 3.13. The molecular formula is C23H20N2O2. The standard InChI is InChI=1S/C23H20N2O2/c1-17-8-10-19(11-9-17)24-16-22(18-6-4-3-5-7-18)25(23(24)26)20-12-14-21(27-2)15-13-20/h3-16H,1-2H3. The van der Waals surface area contributed by atoms with Crippen molar-refractivity contribution in [3.63, 3.8) is 0 Å². The van der Waals surface area contributed by atoms with Gasteiger partial charge in [0.15, 0.2) is 0 Å². The summed E-state index contributed by atoms with van der Waals surface area (Å²) in [7, 11) is 1.63. The third-order valence-corrected chi connectivity index (χ3v) is 4.60. The zero-order valence-electron chi connectivity index (χ0n) is 15.3. The van der Waals surface area contributed by atoms with Gasteiger partial charge in [0.1, 0.15) is 5.75 Å². The number of rotatable bonds is 4. The molecule has 0 atom stereocenters. The van der Waals surface area contributed by atoms with E-state index >= 15 is 0 Å². The minimum atomic E-state index is -0.108. The normalized spacial score (nSPS) is 10.7. The van der Waals surface area contributed by atoms with Crippen molar-refractivity contribution in [2.24, 2.45) is 0 Å². The second kappa shape index (κ2) is 7.00. The van der Waals surface area contributed by atoms with E-state index in [0.29, 0.717) is 0 Å². The molecule has 4 rings (SSSR count). The smallest absolute Gasteiger partial charge is 0.337 e. The van der Waals surface area contributed by atoms with Gasteiger partial charge in [-0.05, 0) is 43.3 Å². The number of aromatic nitrogens is 2. The fraction of sp³-hybridized carbons (Fsp3) is 0.0870. The Balaban J connectivity index is 1.94. The highest BCUT2D eigenvalue weighted by molar-refractivity contribution is 5.63. The number of hydrogen-bond acceptors (Lipinski definition) is 2. The highest BCUT2D eigenvalue weighted by atomic mass is 16.5. The zero-order valence-corrected chi connectivity index (χ0v) is 15.3. The van der Waals surface area contributed by atoms with Gasteiger partial charge in [0.2, 0.25) is 0 Å². The van der Waals surface area contributed by atoms with Crippen molar-refractivity contribution in [2.45, 2.75) is 6.92 Å². The molecule has 0 spiro atoms. The molecular weight excluding hydrogens is 336 g/mol. The maximum absolute atomic E-state index is 13.3. The largest absolute Gasteiger partial charge is 0.497 e. The number of hydrogen-bond donors (Lipinski definition) is 0. The molecule has 0 saturated heterocycles.